The molecule has 1 heterocycles. The molecule has 33 heavy (non-hydrogen) atoms. The lowest BCUT2D eigenvalue weighted by Gasteiger charge is -2.25. The van der Waals surface area contributed by atoms with Gasteiger partial charge in [-0.2, -0.15) is 0 Å². The van der Waals surface area contributed by atoms with E-state index >= 15 is 0 Å². The maximum absolute atomic E-state index is 12.8. The number of sulfone groups is 1. The summed E-state index contributed by atoms with van der Waals surface area (Å²) in [4.78, 5) is 24.8. The zero-order chi connectivity index (χ0) is 24.2. The van der Waals surface area contributed by atoms with Crippen molar-refractivity contribution in [3.05, 3.63) is 46.9 Å². The maximum Gasteiger partial charge on any atom is 0.264 e. The molecule has 2 aromatic rings. The van der Waals surface area contributed by atoms with Crippen LogP contribution in [0.5, 0.6) is 11.5 Å². The molecular formula is C23H30N2O7S. The molecule has 1 saturated carbocycles. The van der Waals surface area contributed by atoms with E-state index in [4.69, 9.17) is 9.94 Å². The van der Waals surface area contributed by atoms with Gasteiger partial charge in [-0.05, 0) is 62.8 Å². The molecule has 0 radical (unpaired) electrons. The molecule has 0 unspecified atom stereocenters. The van der Waals surface area contributed by atoms with E-state index in [-0.39, 0.29) is 30.4 Å². The second kappa shape index (κ2) is 9.96. The van der Waals surface area contributed by atoms with Crippen molar-refractivity contribution >= 4 is 15.7 Å². The lowest BCUT2D eigenvalue weighted by molar-refractivity contribution is -0.131. The van der Waals surface area contributed by atoms with Crippen molar-refractivity contribution in [3.8, 4) is 22.6 Å². The molecule has 10 heteroatoms. The Kier molecular flexibility index (Phi) is 7.48. The first-order chi connectivity index (χ1) is 15.5. The molecule has 1 amide bonds. The van der Waals surface area contributed by atoms with E-state index in [0.29, 0.717) is 16.9 Å². The summed E-state index contributed by atoms with van der Waals surface area (Å²) in [6, 6.07) is 7.87. The van der Waals surface area contributed by atoms with E-state index in [1.807, 2.05) is 0 Å². The molecule has 0 bridgehead atoms. The number of benzene rings is 1. The van der Waals surface area contributed by atoms with Gasteiger partial charge in [-0.15, -0.1) is 0 Å². The van der Waals surface area contributed by atoms with Crippen molar-refractivity contribution in [1.82, 2.24) is 10.0 Å². The van der Waals surface area contributed by atoms with Gasteiger partial charge in [-0.3, -0.25) is 14.8 Å². The molecule has 0 spiro atoms. The molecule has 1 aliphatic carbocycles. The van der Waals surface area contributed by atoms with E-state index in [0.717, 1.165) is 31.9 Å². The zero-order valence-electron chi connectivity index (χ0n) is 18.8. The maximum atomic E-state index is 12.8. The number of hydroxylamine groups is 1. The van der Waals surface area contributed by atoms with Gasteiger partial charge in [-0.25, -0.2) is 13.9 Å². The number of aromatic nitrogens is 1. The summed E-state index contributed by atoms with van der Waals surface area (Å²) in [6.07, 6.45) is 7.54. The van der Waals surface area contributed by atoms with Crippen LogP contribution in [0.15, 0.2) is 41.3 Å². The van der Waals surface area contributed by atoms with Crippen LogP contribution in [0, 0.1) is 0 Å². The highest BCUT2D eigenvalue weighted by atomic mass is 32.2. The van der Waals surface area contributed by atoms with Crippen molar-refractivity contribution in [3.63, 3.8) is 0 Å². The number of pyridine rings is 1. The van der Waals surface area contributed by atoms with E-state index < -0.39 is 20.5 Å². The third kappa shape index (κ3) is 5.56. The Hall–Kier alpha value is -2.85. The molecule has 1 aromatic heterocycles. The van der Waals surface area contributed by atoms with Gasteiger partial charge in [0.2, 0.25) is 0 Å². The van der Waals surface area contributed by atoms with Crippen molar-refractivity contribution in [2.24, 2.45) is 0 Å². The molecule has 3 rings (SSSR count). The Balaban J connectivity index is 1.85. The number of carbonyl (C=O) groups is 1. The molecule has 1 atom stereocenters. The highest BCUT2D eigenvalue weighted by Gasteiger charge is 2.43. The first kappa shape index (κ1) is 24.8. The number of nitrogens with zero attached hydrogens (tertiary/aromatic N) is 1. The highest BCUT2D eigenvalue weighted by molar-refractivity contribution is 7.92. The molecule has 3 N–H and O–H groups in total. The molecule has 1 aromatic carbocycles. The van der Waals surface area contributed by atoms with Crippen LogP contribution in [0.4, 0.5) is 0 Å². The number of hydrogen-bond acceptors (Lipinski definition) is 7. The second-order valence-corrected chi connectivity index (χ2v) is 11.1. The number of carbonyl (C=O) groups excluding carboxylic acids is 1. The topological polar surface area (TPSA) is 135 Å². The van der Waals surface area contributed by atoms with Crippen LogP contribution in [-0.2, 0) is 21.2 Å². The Morgan fingerprint density at radius 1 is 1.21 bits per heavy atom. The van der Waals surface area contributed by atoms with Crippen molar-refractivity contribution in [2.75, 3.05) is 6.26 Å². The van der Waals surface area contributed by atoms with Gasteiger partial charge < -0.3 is 14.4 Å². The SMILES string of the molecule is C[C@@](CCn1ccc(-c2ccc(O)cc2OC2CCCCC2)cc1=O)(C(=O)NO)S(C)(=O)=O. The standard InChI is InChI=1S/C23H30N2O7S/c1-23(22(28)24-29,33(2,30)31)11-13-25-12-10-16(14-21(25)27)19-9-8-17(26)15-20(19)32-18-6-4-3-5-7-18/h8-10,12,14-15,18,26,29H,3-7,11,13H2,1-2H3,(H,24,28)/t23-/m1/s1. The summed E-state index contributed by atoms with van der Waals surface area (Å²) in [5.41, 5.74) is 2.28. The lowest BCUT2D eigenvalue weighted by Crippen LogP contribution is -2.49. The number of rotatable bonds is 8. The summed E-state index contributed by atoms with van der Waals surface area (Å²) < 4.78 is 29.8. The quantitative estimate of drug-likeness (QED) is 0.392. The van der Waals surface area contributed by atoms with Gasteiger partial charge in [-0.1, -0.05) is 6.42 Å². The Bertz CT molecular complexity index is 1170. The predicted molar refractivity (Wildman–Crippen MR) is 123 cm³/mol. The van der Waals surface area contributed by atoms with E-state index in [1.165, 1.54) is 41.7 Å². The van der Waals surface area contributed by atoms with Crippen LogP contribution in [-0.4, -0.2) is 46.3 Å². The number of ether oxygens (including phenoxy) is 1. The Labute approximate surface area is 192 Å². The second-order valence-electron chi connectivity index (χ2n) is 8.70. The number of nitrogens with one attached hydrogen (secondary N) is 1. The van der Waals surface area contributed by atoms with Gasteiger partial charge in [0, 0.05) is 36.7 Å². The average Bonchev–Trinajstić information content (AvgIpc) is 2.77. The fraction of sp³-hybridized carbons (Fsp3) is 0.478. The largest absolute Gasteiger partial charge is 0.508 e. The third-order valence-electron chi connectivity index (χ3n) is 6.35. The normalized spacial score (nSPS) is 16.7. The number of hydrogen-bond donors (Lipinski definition) is 3. The van der Waals surface area contributed by atoms with Gasteiger partial charge >= 0.3 is 0 Å². The average molecular weight is 479 g/mol. The van der Waals surface area contributed by atoms with E-state index in [2.05, 4.69) is 0 Å². The third-order valence-corrected chi connectivity index (χ3v) is 8.37. The monoisotopic (exact) mass is 478 g/mol. The lowest BCUT2D eigenvalue weighted by atomic mass is 9.97. The Morgan fingerprint density at radius 2 is 1.91 bits per heavy atom. The highest BCUT2D eigenvalue weighted by Crippen LogP contribution is 2.35. The van der Waals surface area contributed by atoms with Crippen LogP contribution >= 0.6 is 0 Å². The van der Waals surface area contributed by atoms with Crippen LogP contribution in [0.2, 0.25) is 0 Å². The van der Waals surface area contributed by atoms with Gasteiger partial charge in [0.05, 0.1) is 6.10 Å². The molecule has 1 fully saturated rings. The van der Waals surface area contributed by atoms with Crippen LogP contribution in [0.1, 0.15) is 45.4 Å². The first-order valence-electron chi connectivity index (χ1n) is 10.9. The van der Waals surface area contributed by atoms with E-state index in [9.17, 15) is 23.1 Å². The summed E-state index contributed by atoms with van der Waals surface area (Å²) in [5.74, 6) is -0.480. The first-order valence-corrected chi connectivity index (χ1v) is 12.8. The number of aromatic hydroxyl groups is 1. The van der Waals surface area contributed by atoms with Crippen molar-refractivity contribution < 1.29 is 28.3 Å². The number of phenols is 1. The fourth-order valence-electron chi connectivity index (χ4n) is 3.99. The number of amides is 1. The molecule has 0 aliphatic heterocycles. The molecule has 180 valence electrons. The molecule has 1 aliphatic rings. The van der Waals surface area contributed by atoms with Gasteiger partial charge in [0.1, 0.15) is 11.5 Å². The summed E-state index contributed by atoms with van der Waals surface area (Å²) in [6.45, 7) is 1.16. The summed E-state index contributed by atoms with van der Waals surface area (Å²) >= 11 is 0. The van der Waals surface area contributed by atoms with Crippen molar-refractivity contribution in [1.29, 1.82) is 0 Å². The summed E-state index contributed by atoms with van der Waals surface area (Å²) in [5, 5.41) is 18.9. The fourth-order valence-corrected chi connectivity index (χ4v) is 4.83. The van der Waals surface area contributed by atoms with Gasteiger partial charge in [0.25, 0.3) is 11.5 Å². The molecular weight excluding hydrogens is 448 g/mol. The number of phenolic OH excluding ortho intramolecular Hbond substituents is 1. The minimum atomic E-state index is -3.86. The smallest absolute Gasteiger partial charge is 0.264 e. The molecule has 9 nitrogen and oxygen atoms in total. The van der Waals surface area contributed by atoms with Crippen LogP contribution in [0.25, 0.3) is 11.1 Å². The minimum Gasteiger partial charge on any atom is -0.508 e. The summed E-state index contributed by atoms with van der Waals surface area (Å²) in [7, 11) is -3.86. The predicted octanol–water partition coefficient (Wildman–Crippen LogP) is 2.63. The Morgan fingerprint density at radius 3 is 2.52 bits per heavy atom. The zero-order valence-corrected chi connectivity index (χ0v) is 19.6. The van der Waals surface area contributed by atoms with Crippen LogP contribution in [0.3, 0.4) is 0 Å². The minimum absolute atomic E-state index is 0.0445. The van der Waals surface area contributed by atoms with Gasteiger partial charge in [0.15, 0.2) is 14.6 Å². The molecule has 0 saturated heterocycles. The van der Waals surface area contributed by atoms with Crippen molar-refractivity contribution in [2.45, 2.75) is 62.8 Å². The van der Waals surface area contributed by atoms with E-state index in [1.54, 1.807) is 18.2 Å². The number of aryl methyl sites for hydroxylation is 1. The van der Waals surface area contributed by atoms with Crippen LogP contribution < -0.4 is 15.8 Å².